The monoisotopic (exact) mass is 371 g/mol. The molecule has 4 rings (SSSR count). The van der Waals surface area contributed by atoms with Gasteiger partial charge in [0, 0.05) is 37.1 Å². The second kappa shape index (κ2) is 7.32. The van der Waals surface area contributed by atoms with Crippen LogP contribution in [0.5, 0.6) is 0 Å². The standard InChI is InChI=1S/C18H18FN5O3/c19-14-9-21-18(22-10-14)23-4-1-12(2-5-23)17(25)24-16(3-6-27-24)13-7-15(8-20)26-11-13/h7,9-12,16H,1-6H2/t16-/m0/s1. The number of nitriles is 1. The molecule has 0 spiro atoms. The first kappa shape index (κ1) is 17.4. The van der Waals surface area contributed by atoms with Crippen LogP contribution in [-0.2, 0) is 9.63 Å². The van der Waals surface area contributed by atoms with Gasteiger partial charge in [0.2, 0.25) is 17.6 Å². The summed E-state index contributed by atoms with van der Waals surface area (Å²) in [4.78, 5) is 28.5. The first-order valence-corrected chi connectivity index (χ1v) is 8.82. The summed E-state index contributed by atoms with van der Waals surface area (Å²) in [5.41, 5.74) is 0.773. The number of amides is 1. The molecule has 0 radical (unpaired) electrons. The van der Waals surface area contributed by atoms with E-state index in [9.17, 15) is 9.18 Å². The van der Waals surface area contributed by atoms with Crippen LogP contribution in [0.1, 0.15) is 36.6 Å². The molecule has 2 aromatic heterocycles. The van der Waals surface area contributed by atoms with Crippen LogP contribution in [0, 0.1) is 23.1 Å². The Bertz CT molecular complexity index is 855. The van der Waals surface area contributed by atoms with Gasteiger partial charge in [0.25, 0.3) is 0 Å². The predicted molar refractivity (Wildman–Crippen MR) is 90.5 cm³/mol. The van der Waals surface area contributed by atoms with Crippen molar-refractivity contribution in [3.05, 3.63) is 41.9 Å². The summed E-state index contributed by atoms with van der Waals surface area (Å²) in [6.45, 7) is 1.68. The van der Waals surface area contributed by atoms with Gasteiger partial charge < -0.3 is 9.32 Å². The Kier molecular flexibility index (Phi) is 4.73. The van der Waals surface area contributed by atoms with E-state index in [2.05, 4.69) is 9.97 Å². The van der Waals surface area contributed by atoms with Crippen molar-refractivity contribution in [3.8, 4) is 6.07 Å². The van der Waals surface area contributed by atoms with Crippen molar-refractivity contribution in [1.82, 2.24) is 15.0 Å². The first-order valence-electron chi connectivity index (χ1n) is 8.82. The summed E-state index contributed by atoms with van der Waals surface area (Å²) in [6, 6.07) is 3.36. The third kappa shape index (κ3) is 3.48. The molecule has 2 aliphatic rings. The summed E-state index contributed by atoms with van der Waals surface area (Å²) in [5.74, 6) is -0.00158. The fourth-order valence-corrected chi connectivity index (χ4v) is 3.55. The second-order valence-electron chi connectivity index (χ2n) is 6.62. The molecule has 0 aromatic carbocycles. The number of rotatable bonds is 3. The maximum Gasteiger partial charge on any atom is 0.249 e. The van der Waals surface area contributed by atoms with E-state index in [1.807, 2.05) is 11.0 Å². The van der Waals surface area contributed by atoms with Gasteiger partial charge >= 0.3 is 0 Å². The second-order valence-corrected chi connectivity index (χ2v) is 6.62. The van der Waals surface area contributed by atoms with Crippen molar-refractivity contribution >= 4 is 11.9 Å². The normalized spacial score (nSPS) is 20.7. The van der Waals surface area contributed by atoms with E-state index in [-0.39, 0.29) is 23.6 Å². The molecule has 0 unspecified atom stereocenters. The molecule has 2 aromatic rings. The van der Waals surface area contributed by atoms with Crippen molar-refractivity contribution in [2.75, 3.05) is 24.6 Å². The van der Waals surface area contributed by atoms with E-state index in [1.54, 1.807) is 6.07 Å². The maximum atomic E-state index is 13.0. The molecule has 27 heavy (non-hydrogen) atoms. The number of carbonyl (C=O) groups excluding carboxylic acids is 1. The molecule has 0 bridgehead atoms. The molecule has 1 atom stereocenters. The third-order valence-electron chi connectivity index (χ3n) is 4.97. The smallest absolute Gasteiger partial charge is 0.249 e. The molecular formula is C18H18FN5O3. The van der Waals surface area contributed by atoms with Gasteiger partial charge in [-0.15, -0.1) is 0 Å². The summed E-state index contributed by atoms with van der Waals surface area (Å²) in [5, 5.41) is 10.3. The molecule has 0 N–H and O–H groups in total. The number of furan rings is 1. The Morgan fingerprint density at radius 3 is 2.67 bits per heavy atom. The van der Waals surface area contributed by atoms with E-state index in [4.69, 9.17) is 14.5 Å². The Balaban J connectivity index is 1.40. The van der Waals surface area contributed by atoms with Gasteiger partial charge in [-0.25, -0.2) is 19.4 Å². The van der Waals surface area contributed by atoms with Crippen LogP contribution in [-0.4, -0.2) is 40.6 Å². The van der Waals surface area contributed by atoms with Crippen LogP contribution < -0.4 is 4.90 Å². The number of hydrogen-bond donors (Lipinski definition) is 0. The number of aromatic nitrogens is 2. The SMILES string of the molecule is N#Cc1cc([C@@H]2CCON2C(=O)C2CCN(c3ncc(F)cn3)CC2)co1. The topological polar surface area (TPSA) is 95.5 Å². The van der Waals surface area contributed by atoms with Crippen LogP contribution >= 0.6 is 0 Å². The van der Waals surface area contributed by atoms with Crippen LogP contribution in [0.2, 0.25) is 0 Å². The molecule has 140 valence electrons. The Morgan fingerprint density at radius 1 is 1.26 bits per heavy atom. The summed E-state index contributed by atoms with van der Waals surface area (Å²) in [7, 11) is 0. The van der Waals surface area contributed by atoms with Crippen LogP contribution in [0.4, 0.5) is 10.3 Å². The highest BCUT2D eigenvalue weighted by atomic mass is 19.1. The molecular weight excluding hydrogens is 353 g/mol. The highest BCUT2D eigenvalue weighted by molar-refractivity contribution is 5.79. The molecule has 0 aliphatic carbocycles. The van der Waals surface area contributed by atoms with Crippen molar-refractivity contribution in [1.29, 1.82) is 5.26 Å². The van der Waals surface area contributed by atoms with Crippen LogP contribution in [0.25, 0.3) is 0 Å². The van der Waals surface area contributed by atoms with E-state index in [0.29, 0.717) is 44.9 Å². The maximum absolute atomic E-state index is 13.0. The lowest BCUT2D eigenvalue weighted by molar-refractivity contribution is -0.182. The third-order valence-corrected chi connectivity index (χ3v) is 4.97. The van der Waals surface area contributed by atoms with Gasteiger partial charge in [0.05, 0.1) is 31.3 Å². The molecule has 2 aliphatic heterocycles. The highest BCUT2D eigenvalue weighted by Gasteiger charge is 2.37. The number of hydrogen-bond acceptors (Lipinski definition) is 7. The summed E-state index contributed by atoms with van der Waals surface area (Å²) < 4.78 is 18.1. The Morgan fingerprint density at radius 2 is 2.00 bits per heavy atom. The van der Waals surface area contributed by atoms with Gasteiger partial charge in [-0.1, -0.05) is 0 Å². The van der Waals surface area contributed by atoms with Crippen LogP contribution in [0.15, 0.2) is 29.1 Å². The number of hydroxylamine groups is 2. The molecule has 0 saturated carbocycles. The van der Waals surface area contributed by atoms with Crippen LogP contribution in [0.3, 0.4) is 0 Å². The largest absolute Gasteiger partial charge is 0.453 e. The molecule has 9 heteroatoms. The van der Waals surface area contributed by atoms with Gasteiger partial charge in [0.15, 0.2) is 5.82 Å². The fraction of sp³-hybridized carbons (Fsp3) is 0.444. The van der Waals surface area contributed by atoms with E-state index in [0.717, 1.165) is 18.0 Å². The minimum absolute atomic E-state index is 0.0584. The number of nitrogens with zero attached hydrogens (tertiary/aromatic N) is 5. The Labute approximate surface area is 155 Å². The zero-order valence-electron chi connectivity index (χ0n) is 14.5. The summed E-state index contributed by atoms with van der Waals surface area (Å²) >= 11 is 0. The van der Waals surface area contributed by atoms with E-state index in [1.165, 1.54) is 11.3 Å². The average Bonchev–Trinajstić information content (AvgIpc) is 3.37. The van der Waals surface area contributed by atoms with Gasteiger partial charge in [0.1, 0.15) is 6.07 Å². The lowest BCUT2D eigenvalue weighted by atomic mass is 9.95. The number of piperidine rings is 1. The zero-order valence-corrected chi connectivity index (χ0v) is 14.5. The number of anilines is 1. The van der Waals surface area contributed by atoms with Gasteiger partial charge in [-0.2, -0.15) is 5.26 Å². The minimum Gasteiger partial charge on any atom is -0.453 e. The van der Waals surface area contributed by atoms with E-state index >= 15 is 0 Å². The van der Waals surface area contributed by atoms with Gasteiger partial charge in [-0.05, 0) is 12.8 Å². The minimum atomic E-state index is -0.472. The molecule has 1 amide bonds. The lowest BCUT2D eigenvalue weighted by Gasteiger charge is -2.33. The first-order chi connectivity index (χ1) is 13.2. The average molecular weight is 371 g/mol. The van der Waals surface area contributed by atoms with Crippen molar-refractivity contribution in [2.24, 2.45) is 5.92 Å². The molecule has 4 heterocycles. The lowest BCUT2D eigenvalue weighted by Crippen LogP contribution is -2.42. The van der Waals surface area contributed by atoms with Gasteiger partial charge in [-0.3, -0.25) is 9.63 Å². The number of carbonyl (C=O) groups is 1. The number of halogens is 1. The quantitative estimate of drug-likeness (QED) is 0.816. The molecule has 2 fully saturated rings. The molecule has 2 saturated heterocycles. The zero-order chi connectivity index (χ0) is 18.8. The van der Waals surface area contributed by atoms with E-state index < -0.39 is 5.82 Å². The molecule has 8 nitrogen and oxygen atoms in total. The predicted octanol–water partition coefficient (Wildman–Crippen LogP) is 2.20. The van der Waals surface area contributed by atoms with Crippen molar-refractivity contribution in [2.45, 2.75) is 25.3 Å². The van der Waals surface area contributed by atoms with Crippen molar-refractivity contribution < 1.29 is 18.4 Å². The highest BCUT2D eigenvalue weighted by Crippen LogP contribution is 2.34. The fourth-order valence-electron chi connectivity index (χ4n) is 3.55. The summed E-state index contributed by atoms with van der Waals surface area (Å²) in [6.07, 6.45) is 5.73. The Hall–Kier alpha value is -2.99. The van der Waals surface area contributed by atoms with Crippen molar-refractivity contribution in [3.63, 3.8) is 0 Å².